The molecule has 2 aromatic rings. The van der Waals surface area contributed by atoms with Crippen LogP contribution < -0.4 is 4.74 Å². The predicted molar refractivity (Wildman–Crippen MR) is 57.7 cm³/mol. The normalized spacial score (nSPS) is 10.0. The van der Waals surface area contributed by atoms with E-state index in [1.807, 2.05) is 37.3 Å². The maximum absolute atomic E-state index is 13.1. The zero-order valence-electron chi connectivity index (χ0n) is 8.41. The molecule has 0 spiro atoms. The Morgan fingerprint density at radius 3 is 2.33 bits per heavy atom. The van der Waals surface area contributed by atoms with Crippen LogP contribution in [0.3, 0.4) is 0 Å². The van der Waals surface area contributed by atoms with Crippen molar-refractivity contribution in [3.8, 4) is 11.5 Å². The summed E-state index contributed by atoms with van der Waals surface area (Å²) >= 11 is 0. The van der Waals surface area contributed by atoms with Crippen molar-refractivity contribution in [3.63, 3.8) is 0 Å². The van der Waals surface area contributed by atoms with Gasteiger partial charge in [-0.25, -0.2) is 4.39 Å². The van der Waals surface area contributed by atoms with Crippen LogP contribution in [-0.2, 0) is 0 Å². The van der Waals surface area contributed by atoms with Gasteiger partial charge in [0.15, 0.2) is 0 Å². The zero-order chi connectivity index (χ0) is 10.7. The van der Waals surface area contributed by atoms with Gasteiger partial charge < -0.3 is 4.74 Å². The molecule has 0 N–H and O–H groups in total. The molecule has 0 aliphatic heterocycles. The fourth-order valence-electron chi connectivity index (χ4n) is 1.39. The van der Waals surface area contributed by atoms with Crippen LogP contribution in [0.2, 0.25) is 0 Å². The molecule has 0 aliphatic rings. The Balaban J connectivity index is 2.25. The highest BCUT2D eigenvalue weighted by molar-refractivity contribution is 5.33. The molecule has 0 saturated heterocycles. The van der Waals surface area contributed by atoms with Gasteiger partial charge in [0.1, 0.15) is 17.3 Å². The Bertz CT molecular complexity index is 431. The standard InChI is InChI=1S/C13H11FO/c1-10-7-11(14)9-13(8-10)15-12-5-3-2-4-6-12/h2-9H,1H3. The molecule has 2 heteroatoms. The third-order valence-electron chi connectivity index (χ3n) is 1.99. The molecule has 0 aliphatic carbocycles. The fraction of sp³-hybridized carbons (Fsp3) is 0.0769. The van der Waals surface area contributed by atoms with E-state index >= 15 is 0 Å². The van der Waals surface area contributed by atoms with Gasteiger partial charge in [0.2, 0.25) is 0 Å². The van der Waals surface area contributed by atoms with Gasteiger partial charge in [-0.1, -0.05) is 18.2 Å². The van der Waals surface area contributed by atoms with Gasteiger partial charge in [0, 0.05) is 6.07 Å². The molecule has 2 rings (SSSR count). The summed E-state index contributed by atoms with van der Waals surface area (Å²) < 4.78 is 18.6. The lowest BCUT2D eigenvalue weighted by atomic mass is 10.2. The second kappa shape index (κ2) is 4.13. The van der Waals surface area contributed by atoms with Crippen LogP contribution in [0.4, 0.5) is 4.39 Å². The average Bonchev–Trinajstić information content (AvgIpc) is 2.17. The van der Waals surface area contributed by atoms with Gasteiger partial charge in [-0.05, 0) is 36.8 Å². The lowest BCUT2D eigenvalue weighted by Crippen LogP contribution is -1.86. The molecule has 0 heterocycles. The van der Waals surface area contributed by atoms with Crippen LogP contribution in [0.5, 0.6) is 11.5 Å². The van der Waals surface area contributed by atoms with Gasteiger partial charge in [0.05, 0.1) is 0 Å². The summed E-state index contributed by atoms with van der Waals surface area (Å²) in [7, 11) is 0. The monoisotopic (exact) mass is 202 g/mol. The Labute approximate surface area is 88.1 Å². The summed E-state index contributed by atoms with van der Waals surface area (Å²) in [5.74, 6) is 0.960. The van der Waals surface area contributed by atoms with Gasteiger partial charge >= 0.3 is 0 Å². The molecule has 2 aromatic carbocycles. The minimum absolute atomic E-state index is 0.277. The molecule has 0 saturated carbocycles. The summed E-state index contributed by atoms with van der Waals surface area (Å²) in [6.07, 6.45) is 0. The lowest BCUT2D eigenvalue weighted by Gasteiger charge is -2.06. The first-order valence-electron chi connectivity index (χ1n) is 4.74. The van der Waals surface area contributed by atoms with Gasteiger partial charge in [-0.3, -0.25) is 0 Å². The molecule has 0 atom stereocenters. The van der Waals surface area contributed by atoms with Gasteiger partial charge in [-0.15, -0.1) is 0 Å². The number of aryl methyl sites for hydroxylation is 1. The van der Waals surface area contributed by atoms with Crippen LogP contribution >= 0.6 is 0 Å². The van der Waals surface area contributed by atoms with E-state index in [0.29, 0.717) is 11.5 Å². The number of hydrogen-bond donors (Lipinski definition) is 0. The van der Waals surface area contributed by atoms with Crippen molar-refractivity contribution >= 4 is 0 Å². The van der Waals surface area contributed by atoms with E-state index in [1.54, 1.807) is 6.07 Å². The summed E-state index contributed by atoms with van der Waals surface area (Å²) in [5.41, 5.74) is 0.848. The average molecular weight is 202 g/mol. The number of benzene rings is 2. The van der Waals surface area contributed by atoms with Crippen LogP contribution in [0.15, 0.2) is 48.5 Å². The minimum atomic E-state index is -0.277. The predicted octanol–water partition coefficient (Wildman–Crippen LogP) is 3.93. The topological polar surface area (TPSA) is 9.23 Å². The van der Waals surface area contributed by atoms with E-state index in [9.17, 15) is 4.39 Å². The summed E-state index contributed by atoms with van der Waals surface area (Å²) in [5, 5.41) is 0. The Morgan fingerprint density at radius 1 is 0.933 bits per heavy atom. The summed E-state index contributed by atoms with van der Waals surface area (Å²) in [6, 6.07) is 14.0. The molecule has 0 radical (unpaired) electrons. The molecule has 76 valence electrons. The van der Waals surface area contributed by atoms with E-state index in [0.717, 1.165) is 5.56 Å². The van der Waals surface area contributed by atoms with Crippen molar-refractivity contribution in [2.45, 2.75) is 6.92 Å². The Morgan fingerprint density at radius 2 is 1.67 bits per heavy atom. The highest BCUT2D eigenvalue weighted by atomic mass is 19.1. The van der Waals surface area contributed by atoms with Crippen molar-refractivity contribution in [2.75, 3.05) is 0 Å². The first kappa shape index (κ1) is 9.71. The molecule has 0 bridgehead atoms. The highest BCUT2D eigenvalue weighted by Crippen LogP contribution is 2.22. The summed E-state index contributed by atoms with van der Waals surface area (Å²) in [6.45, 7) is 1.83. The molecule has 0 unspecified atom stereocenters. The molecular weight excluding hydrogens is 191 g/mol. The van der Waals surface area contributed by atoms with E-state index in [1.165, 1.54) is 12.1 Å². The number of rotatable bonds is 2. The Hall–Kier alpha value is -1.83. The first-order valence-corrected chi connectivity index (χ1v) is 4.74. The van der Waals surface area contributed by atoms with Gasteiger partial charge in [0.25, 0.3) is 0 Å². The molecular formula is C13H11FO. The largest absolute Gasteiger partial charge is 0.457 e. The van der Waals surface area contributed by atoms with Crippen LogP contribution in [0.25, 0.3) is 0 Å². The maximum atomic E-state index is 13.1. The van der Waals surface area contributed by atoms with Gasteiger partial charge in [-0.2, -0.15) is 0 Å². The molecule has 0 amide bonds. The van der Waals surface area contributed by atoms with Crippen molar-refractivity contribution in [3.05, 3.63) is 59.9 Å². The molecule has 15 heavy (non-hydrogen) atoms. The number of para-hydroxylation sites is 1. The lowest BCUT2D eigenvalue weighted by molar-refractivity contribution is 0.476. The minimum Gasteiger partial charge on any atom is -0.457 e. The molecule has 1 nitrogen and oxygen atoms in total. The number of hydrogen-bond acceptors (Lipinski definition) is 1. The van der Waals surface area contributed by atoms with Crippen LogP contribution in [0.1, 0.15) is 5.56 Å². The number of ether oxygens (including phenoxy) is 1. The van der Waals surface area contributed by atoms with Crippen molar-refractivity contribution in [1.29, 1.82) is 0 Å². The van der Waals surface area contributed by atoms with Crippen molar-refractivity contribution < 1.29 is 9.13 Å². The first-order chi connectivity index (χ1) is 7.24. The molecule has 0 fully saturated rings. The van der Waals surface area contributed by atoms with E-state index in [-0.39, 0.29) is 5.82 Å². The van der Waals surface area contributed by atoms with Crippen molar-refractivity contribution in [2.24, 2.45) is 0 Å². The summed E-state index contributed by atoms with van der Waals surface area (Å²) in [4.78, 5) is 0. The van der Waals surface area contributed by atoms with E-state index < -0.39 is 0 Å². The zero-order valence-corrected chi connectivity index (χ0v) is 8.41. The SMILES string of the molecule is Cc1cc(F)cc(Oc2ccccc2)c1. The quantitative estimate of drug-likeness (QED) is 0.717. The van der Waals surface area contributed by atoms with E-state index in [4.69, 9.17) is 4.74 Å². The second-order valence-corrected chi connectivity index (χ2v) is 3.38. The molecule has 0 aromatic heterocycles. The van der Waals surface area contributed by atoms with Crippen LogP contribution in [0, 0.1) is 12.7 Å². The van der Waals surface area contributed by atoms with Crippen LogP contribution in [-0.4, -0.2) is 0 Å². The maximum Gasteiger partial charge on any atom is 0.130 e. The fourth-order valence-corrected chi connectivity index (χ4v) is 1.39. The second-order valence-electron chi connectivity index (χ2n) is 3.38. The Kier molecular flexibility index (Phi) is 2.68. The number of halogens is 1. The highest BCUT2D eigenvalue weighted by Gasteiger charge is 2.00. The smallest absolute Gasteiger partial charge is 0.130 e. The third-order valence-corrected chi connectivity index (χ3v) is 1.99. The van der Waals surface area contributed by atoms with E-state index in [2.05, 4.69) is 0 Å². The van der Waals surface area contributed by atoms with Crippen molar-refractivity contribution in [1.82, 2.24) is 0 Å². The third kappa shape index (κ3) is 2.56.